The average Bonchev–Trinajstić information content (AvgIpc) is 2.67. The van der Waals surface area contributed by atoms with Crippen molar-refractivity contribution in [2.75, 3.05) is 32.2 Å². The molecule has 2 N–H and O–H groups in total. The Morgan fingerprint density at radius 2 is 1.93 bits per heavy atom. The zero-order chi connectivity index (χ0) is 20.4. The number of methoxy groups -OCH3 is 1. The van der Waals surface area contributed by atoms with Gasteiger partial charge in [0, 0.05) is 24.4 Å². The van der Waals surface area contributed by atoms with Crippen molar-refractivity contribution in [3.05, 3.63) is 52.5 Å². The van der Waals surface area contributed by atoms with Crippen LogP contribution in [0, 0.1) is 0 Å². The van der Waals surface area contributed by atoms with Crippen molar-refractivity contribution < 1.29 is 19.0 Å². The first-order valence-electron chi connectivity index (χ1n) is 8.80. The maximum atomic E-state index is 12.4. The summed E-state index contributed by atoms with van der Waals surface area (Å²) >= 11 is 8.65. The van der Waals surface area contributed by atoms with Gasteiger partial charge >= 0.3 is 0 Å². The largest absolute Gasteiger partial charge is 0.494 e. The molecule has 0 atom stereocenters. The molecule has 0 aromatic heterocycles. The van der Waals surface area contributed by atoms with Crippen molar-refractivity contribution in [3.63, 3.8) is 0 Å². The van der Waals surface area contributed by atoms with Gasteiger partial charge in [0.1, 0.15) is 18.1 Å². The Morgan fingerprint density at radius 3 is 2.64 bits per heavy atom. The van der Waals surface area contributed by atoms with Gasteiger partial charge in [-0.05, 0) is 64.9 Å². The van der Waals surface area contributed by atoms with E-state index in [0.717, 1.165) is 17.9 Å². The van der Waals surface area contributed by atoms with E-state index >= 15 is 0 Å². The number of rotatable bonds is 9. The molecule has 0 aliphatic heterocycles. The maximum Gasteiger partial charge on any atom is 0.257 e. The quantitative estimate of drug-likeness (QED) is 0.421. The minimum atomic E-state index is -0.319. The number of carbonyl (C=O) groups is 1. The molecule has 0 fully saturated rings. The normalized spacial score (nSPS) is 10.2. The zero-order valence-corrected chi connectivity index (χ0v) is 18.2. The topological polar surface area (TPSA) is 68.8 Å². The second-order valence-electron chi connectivity index (χ2n) is 5.77. The first-order chi connectivity index (χ1) is 13.5. The van der Waals surface area contributed by atoms with Crippen LogP contribution in [0.1, 0.15) is 23.7 Å². The molecule has 0 bridgehead atoms. The third kappa shape index (κ3) is 7.10. The van der Waals surface area contributed by atoms with Crippen LogP contribution < -0.4 is 20.1 Å². The molecule has 0 unspecified atom stereocenters. The van der Waals surface area contributed by atoms with Crippen LogP contribution >= 0.6 is 28.1 Å². The van der Waals surface area contributed by atoms with Crippen LogP contribution in [0.5, 0.6) is 11.5 Å². The van der Waals surface area contributed by atoms with Gasteiger partial charge in [0.15, 0.2) is 5.11 Å². The SMILES string of the molecule is CCCOc1cccc(NC(=S)NC(=O)c2ccc(OCCOC)c(Br)c2)c1. The molecule has 0 spiro atoms. The van der Waals surface area contributed by atoms with Gasteiger partial charge in [-0.2, -0.15) is 0 Å². The molecule has 0 saturated carbocycles. The van der Waals surface area contributed by atoms with Crippen LogP contribution in [-0.2, 0) is 4.74 Å². The van der Waals surface area contributed by atoms with Crippen LogP contribution in [0.4, 0.5) is 5.69 Å². The second kappa shape index (κ2) is 11.6. The Labute approximate surface area is 178 Å². The molecule has 0 heterocycles. The number of anilines is 1. The third-order valence-corrected chi connectivity index (χ3v) is 4.35. The first kappa shape index (κ1) is 22.1. The lowest BCUT2D eigenvalue weighted by molar-refractivity contribution is 0.0977. The van der Waals surface area contributed by atoms with E-state index in [1.54, 1.807) is 25.3 Å². The molecular weight excluding hydrogens is 444 g/mol. The molecule has 1 amide bonds. The second-order valence-corrected chi connectivity index (χ2v) is 7.03. The number of benzene rings is 2. The highest BCUT2D eigenvalue weighted by Crippen LogP contribution is 2.26. The van der Waals surface area contributed by atoms with Crippen LogP contribution in [-0.4, -0.2) is 38.0 Å². The summed E-state index contributed by atoms with van der Waals surface area (Å²) in [7, 11) is 1.61. The van der Waals surface area contributed by atoms with E-state index in [-0.39, 0.29) is 11.0 Å². The van der Waals surface area contributed by atoms with Gasteiger partial charge in [-0.3, -0.25) is 10.1 Å². The number of ether oxygens (including phenoxy) is 3. The van der Waals surface area contributed by atoms with Crippen LogP contribution in [0.15, 0.2) is 46.9 Å². The van der Waals surface area contributed by atoms with Gasteiger partial charge in [0.2, 0.25) is 0 Å². The zero-order valence-electron chi connectivity index (χ0n) is 15.8. The van der Waals surface area contributed by atoms with Gasteiger partial charge in [-0.15, -0.1) is 0 Å². The summed E-state index contributed by atoms with van der Waals surface area (Å²) in [6.45, 7) is 3.60. The lowest BCUT2D eigenvalue weighted by Crippen LogP contribution is -2.34. The molecule has 0 saturated heterocycles. The van der Waals surface area contributed by atoms with Crippen molar-refractivity contribution in [2.45, 2.75) is 13.3 Å². The number of hydrogen-bond acceptors (Lipinski definition) is 5. The van der Waals surface area contributed by atoms with Gasteiger partial charge in [0.05, 0.1) is 17.7 Å². The van der Waals surface area contributed by atoms with E-state index in [1.807, 2.05) is 31.2 Å². The molecule has 0 radical (unpaired) electrons. The van der Waals surface area contributed by atoms with Gasteiger partial charge < -0.3 is 19.5 Å². The predicted molar refractivity (Wildman–Crippen MR) is 117 cm³/mol. The van der Waals surface area contributed by atoms with Crippen molar-refractivity contribution >= 4 is 44.9 Å². The lowest BCUT2D eigenvalue weighted by Gasteiger charge is -2.12. The molecule has 2 rings (SSSR count). The van der Waals surface area contributed by atoms with Crippen molar-refractivity contribution in [1.29, 1.82) is 0 Å². The molecule has 0 aliphatic carbocycles. The van der Waals surface area contributed by atoms with E-state index in [9.17, 15) is 4.79 Å². The summed E-state index contributed by atoms with van der Waals surface area (Å²) in [6, 6.07) is 12.5. The van der Waals surface area contributed by atoms with Crippen molar-refractivity contribution in [2.24, 2.45) is 0 Å². The fourth-order valence-electron chi connectivity index (χ4n) is 2.22. The smallest absolute Gasteiger partial charge is 0.257 e. The Bertz CT molecular complexity index is 817. The Hall–Kier alpha value is -2.16. The standard InChI is InChI=1S/C20H23BrN2O4S/c1-3-9-26-16-6-4-5-15(13-16)22-20(28)23-19(24)14-7-8-18(17(21)12-14)27-11-10-25-2/h4-8,12-13H,3,9-11H2,1-2H3,(H2,22,23,24,28). The van der Waals surface area contributed by atoms with Crippen molar-refractivity contribution in [1.82, 2.24) is 5.32 Å². The molecular formula is C20H23BrN2O4S. The maximum absolute atomic E-state index is 12.4. The summed E-state index contributed by atoms with van der Waals surface area (Å²) in [5.74, 6) is 1.06. The number of hydrogen-bond donors (Lipinski definition) is 2. The summed E-state index contributed by atoms with van der Waals surface area (Å²) in [5, 5.41) is 5.86. The van der Waals surface area contributed by atoms with Crippen molar-refractivity contribution in [3.8, 4) is 11.5 Å². The average molecular weight is 467 g/mol. The Balaban J connectivity index is 1.93. The number of halogens is 1. The molecule has 28 heavy (non-hydrogen) atoms. The summed E-state index contributed by atoms with van der Waals surface area (Å²) < 4.78 is 16.8. The van der Waals surface area contributed by atoms with Gasteiger partial charge in [-0.25, -0.2) is 0 Å². The van der Waals surface area contributed by atoms with E-state index in [2.05, 4.69) is 26.6 Å². The molecule has 2 aromatic rings. The molecule has 8 heteroatoms. The number of nitrogens with one attached hydrogen (secondary N) is 2. The van der Waals surface area contributed by atoms with Gasteiger partial charge in [-0.1, -0.05) is 13.0 Å². The molecule has 0 aliphatic rings. The highest BCUT2D eigenvalue weighted by Gasteiger charge is 2.11. The summed E-state index contributed by atoms with van der Waals surface area (Å²) in [6.07, 6.45) is 0.928. The van der Waals surface area contributed by atoms with E-state index in [4.69, 9.17) is 26.4 Å². The molecule has 6 nitrogen and oxygen atoms in total. The third-order valence-electron chi connectivity index (χ3n) is 3.53. The van der Waals surface area contributed by atoms with E-state index < -0.39 is 0 Å². The fourth-order valence-corrected chi connectivity index (χ4v) is 2.92. The van der Waals surface area contributed by atoms with E-state index in [0.29, 0.717) is 35.6 Å². The van der Waals surface area contributed by atoms with Crippen LogP contribution in [0.2, 0.25) is 0 Å². The number of carbonyl (C=O) groups excluding carboxylic acids is 1. The van der Waals surface area contributed by atoms with E-state index in [1.165, 1.54) is 0 Å². The monoisotopic (exact) mass is 466 g/mol. The van der Waals surface area contributed by atoms with Crippen LogP contribution in [0.25, 0.3) is 0 Å². The minimum Gasteiger partial charge on any atom is -0.494 e. The highest BCUT2D eigenvalue weighted by atomic mass is 79.9. The lowest BCUT2D eigenvalue weighted by atomic mass is 10.2. The highest BCUT2D eigenvalue weighted by molar-refractivity contribution is 9.10. The van der Waals surface area contributed by atoms with Crippen LogP contribution in [0.3, 0.4) is 0 Å². The molecule has 2 aromatic carbocycles. The molecule has 150 valence electrons. The summed E-state index contributed by atoms with van der Waals surface area (Å²) in [5.41, 5.74) is 1.19. The minimum absolute atomic E-state index is 0.203. The van der Waals surface area contributed by atoms with Gasteiger partial charge in [0.25, 0.3) is 5.91 Å². The summed E-state index contributed by atoms with van der Waals surface area (Å²) in [4.78, 5) is 12.4. The number of amides is 1. The first-order valence-corrected chi connectivity index (χ1v) is 10.00. The Morgan fingerprint density at radius 1 is 1.11 bits per heavy atom. The predicted octanol–water partition coefficient (Wildman–Crippen LogP) is 4.39. The Kier molecular flexibility index (Phi) is 9.19. The number of thiocarbonyl (C=S) groups is 1. The fraction of sp³-hybridized carbons (Fsp3) is 0.300.